The number of anilines is 1. The van der Waals surface area contributed by atoms with Crippen LogP contribution in [0.3, 0.4) is 0 Å². The Kier molecular flexibility index (Phi) is 7.86. The molecule has 1 aromatic carbocycles. The highest BCUT2D eigenvalue weighted by Gasteiger charge is 2.09. The molecule has 23 heavy (non-hydrogen) atoms. The molecule has 0 saturated carbocycles. The Morgan fingerprint density at radius 3 is 2.74 bits per heavy atom. The van der Waals surface area contributed by atoms with E-state index in [1.165, 1.54) is 0 Å². The zero-order valence-electron chi connectivity index (χ0n) is 13.4. The van der Waals surface area contributed by atoms with E-state index in [2.05, 4.69) is 22.1 Å². The Bertz CT molecular complexity index is 487. The number of nitrogens with zero attached hydrogens (tertiary/aromatic N) is 1. The quantitative estimate of drug-likeness (QED) is 0.432. The van der Waals surface area contributed by atoms with Gasteiger partial charge in [-0.2, -0.15) is 0 Å². The maximum atomic E-state index is 5.44. The first-order chi connectivity index (χ1) is 11.3. The minimum absolute atomic E-state index is 0.510. The van der Waals surface area contributed by atoms with Gasteiger partial charge in [0.2, 0.25) is 0 Å². The van der Waals surface area contributed by atoms with Crippen LogP contribution in [-0.2, 0) is 4.74 Å². The van der Waals surface area contributed by atoms with E-state index in [0.29, 0.717) is 11.7 Å². The normalized spacial score (nSPS) is 15.0. The summed E-state index contributed by atoms with van der Waals surface area (Å²) in [5.74, 6) is 0.819. The molecule has 5 nitrogen and oxygen atoms in total. The number of ether oxygens (including phenoxy) is 2. The largest absolute Gasteiger partial charge is 0.490 e. The molecule has 1 aromatic rings. The third-order valence-electron chi connectivity index (χ3n) is 3.52. The van der Waals surface area contributed by atoms with Gasteiger partial charge in [0.1, 0.15) is 12.4 Å². The van der Waals surface area contributed by atoms with Gasteiger partial charge in [-0.1, -0.05) is 12.7 Å². The average molecular weight is 335 g/mol. The maximum Gasteiger partial charge on any atom is 0.170 e. The number of hydrogen-bond acceptors (Lipinski definition) is 4. The van der Waals surface area contributed by atoms with Crippen LogP contribution in [0, 0.1) is 0 Å². The summed E-state index contributed by atoms with van der Waals surface area (Å²) in [4.78, 5) is 2.42. The van der Waals surface area contributed by atoms with E-state index in [9.17, 15) is 0 Å². The van der Waals surface area contributed by atoms with Gasteiger partial charge < -0.3 is 20.1 Å². The van der Waals surface area contributed by atoms with Gasteiger partial charge in [-0.15, -0.1) is 0 Å². The molecule has 2 rings (SSSR count). The minimum Gasteiger partial charge on any atom is -0.490 e. The summed E-state index contributed by atoms with van der Waals surface area (Å²) in [6.45, 7) is 9.83. The third kappa shape index (κ3) is 6.99. The molecule has 0 aliphatic carbocycles. The second-order valence-electron chi connectivity index (χ2n) is 5.31. The van der Waals surface area contributed by atoms with Gasteiger partial charge in [-0.25, -0.2) is 0 Å². The van der Waals surface area contributed by atoms with Gasteiger partial charge in [0, 0.05) is 25.3 Å². The Hall–Kier alpha value is -1.63. The summed E-state index contributed by atoms with van der Waals surface area (Å²) >= 11 is 5.31. The van der Waals surface area contributed by atoms with E-state index in [1.807, 2.05) is 24.3 Å². The van der Waals surface area contributed by atoms with Gasteiger partial charge in [0.05, 0.1) is 13.2 Å². The first-order valence-corrected chi connectivity index (χ1v) is 8.37. The van der Waals surface area contributed by atoms with Crippen molar-refractivity contribution >= 4 is 23.0 Å². The summed E-state index contributed by atoms with van der Waals surface area (Å²) in [6.07, 6.45) is 2.79. The van der Waals surface area contributed by atoms with Gasteiger partial charge in [-0.3, -0.25) is 4.90 Å². The maximum absolute atomic E-state index is 5.44. The molecule has 2 N–H and O–H groups in total. The molecule has 0 atom stereocenters. The fourth-order valence-corrected chi connectivity index (χ4v) is 2.51. The van der Waals surface area contributed by atoms with E-state index in [1.54, 1.807) is 6.08 Å². The average Bonchev–Trinajstić information content (AvgIpc) is 2.59. The van der Waals surface area contributed by atoms with Gasteiger partial charge >= 0.3 is 0 Å². The molecule has 126 valence electrons. The Balaban J connectivity index is 1.61. The number of morpholine rings is 1. The Morgan fingerprint density at radius 1 is 1.30 bits per heavy atom. The SMILES string of the molecule is C=CCOc1ccc(NC(=S)NCCCN2CCOCC2)cc1. The van der Waals surface area contributed by atoms with Crippen molar-refractivity contribution in [2.75, 3.05) is 51.3 Å². The van der Waals surface area contributed by atoms with Crippen LogP contribution < -0.4 is 15.4 Å². The fourth-order valence-electron chi connectivity index (χ4n) is 2.29. The first-order valence-electron chi connectivity index (χ1n) is 7.96. The second-order valence-corrected chi connectivity index (χ2v) is 5.72. The molecule has 0 unspecified atom stereocenters. The number of rotatable bonds is 8. The number of hydrogen-bond donors (Lipinski definition) is 2. The molecular weight excluding hydrogens is 310 g/mol. The van der Waals surface area contributed by atoms with Gasteiger partial charge in [-0.05, 0) is 49.4 Å². The molecule has 0 spiro atoms. The first kappa shape index (κ1) is 17.7. The van der Waals surface area contributed by atoms with Crippen LogP contribution >= 0.6 is 12.2 Å². The van der Waals surface area contributed by atoms with Crippen molar-refractivity contribution in [3.63, 3.8) is 0 Å². The van der Waals surface area contributed by atoms with E-state index < -0.39 is 0 Å². The molecule has 0 radical (unpaired) electrons. The number of benzene rings is 1. The minimum atomic E-state index is 0.510. The van der Waals surface area contributed by atoms with Crippen molar-refractivity contribution in [3.8, 4) is 5.75 Å². The van der Waals surface area contributed by atoms with Crippen molar-refractivity contribution in [1.29, 1.82) is 0 Å². The summed E-state index contributed by atoms with van der Waals surface area (Å²) in [7, 11) is 0. The predicted molar refractivity (Wildman–Crippen MR) is 98.2 cm³/mol. The van der Waals surface area contributed by atoms with Crippen LogP contribution in [0.15, 0.2) is 36.9 Å². The Labute approximate surface area is 143 Å². The smallest absolute Gasteiger partial charge is 0.170 e. The standard InChI is InChI=1S/C17H25N3O2S/c1-2-12-22-16-6-4-15(5-7-16)19-17(23)18-8-3-9-20-10-13-21-14-11-20/h2,4-7H,1,3,8-14H2,(H2,18,19,23). The molecular formula is C17H25N3O2S. The summed E-state index contributed by atoms with van der Waals surface area (Å²) < 4.78 is 10.8. The van der Waals surface area contributed by atoms with Gasteiger partial charge in [0.25, 0.3) is 0 Å². The van der Waals surface area contributed by atoms with Crippen LogP contribution in [0.4, 0.5) is 5.69 Å². The highest BCUT2D eigenvalue weighted by atomic mass is 32.1. The molecule has 1 heterocycles. The van der Waals surface area contributed by atoms with Crippen LogP contribution in [0.1, 0.15) is 6.42 Å². The monoisotopic (exact) mass is 335 g/mol. The van der Waals surface area contributed by atoms with E-state index in [4.69, 9.17) is 21.7 Å². The lowest BCUT2D eigenvalue weighted by Gasteiger charge is -2.26. The Morgan fingerprint density at radius 2 is 2.04 bits per heavy atom. The van der Waals surface area contributed by atoms with Crippen LogP contribution in [0.2, 0.25) is 0 Å². The molecule has 1 fully saturated rings. The van der Waals surface area contributed by atoms with Crippen molar-refractivity contribution in [2.24, 2.45) is 0 Å². The lowest BCUT2D eigenvalue weighted by Crippen LogP contribution is -2.38. The molecule has 0 amide bonds. The third-order valence-corrected chi connectivity index (χ3v) is 3.77. The predicted octanol–water partition coefficient (Wildman–Crippen LogP) is 2.26. The molecule has 1 saturated heterocycles. The summed E-state index contributed by atoms with van der Waals surface area (Å²) in [5.41, 5.74) is 0.946. The molecule has 0 aromatic heterocycles. The number of thiocarbonyl (C=S) groups is 1. The molecule has 6 heteroatoms. The topological polar surface area (TPSA) is 45.8 Å². The lowest BCUT2D eigenvalue weighted by molar-refractivity contribution is 0.0376. The second kappa shape index (κ2) is 10.2. The van der Waals surface area contributed by atoms with Crippen LogP contribution in [0.25, 0.3) is 0 Å². The highest BCUT2D eigenvalue weighted by molar-refractivity contribution is 7.80. The van der Waals surface area contributed by atoms with Crippen molar-refractivity contribution < 1.29 is 9.47 Å². The molecule has 0 bridgehead atoms. The fraction of sp³-hybridized carbons (Fsp3) is 0.471. The van der Waals surface area contributed by atoms with Crippen molar-refractivity contribution in [1.82, 2.24) is 10.2 Å². The zero-order chi connectivity index (χ0) is 16.3. The number of nitrogens with one attached hydrogen (secondary N) is 2. The van der Waals surface area contributed by atoms with Crippen LogP contribution in [0.5, 0.6) is 5.75 Å². The lowest BCUT2D eigenvalue weighted by atomic mass is 10.3. The van der Waals surface area contributed by atoms with E-state index >= 15 is 0 Å². The van der Waals surface area contributed by atoms with Gasteiger partial charge in [0.15, 0.2) is 5.11 Å². The summed E-state index contributed by atoms with van der Waals surface area (Å²) in [6, 6.07) is 7.71. The van der Waals surface area contributed by atoms with Crippen molar-refractivity contribution in [3.05, 3.63) is 36.9 Å². The van der Waals surface area contributed by atoms with E-state index in [0.717, 1.165) is 57.3 Å². The highest BCUT2D eigenvalue weighted by Crippen LogP contribution is 2.15. The van der Waals surface area contributed by atoms with Crippen LogP contribution in [-0.4, -0.2) is 56.0 Å². The van der Waals surface area contributed by atoms with Crippen molar-refractivity contribution in [2.45, 2.75) is 6.42 Å². The summed E-state index contributed by atoms with van der Waals surface area (Å²) in [5, 5.41) is 7.06. The molecule has 1 aliphatic heterocycles. The van der Waals surface area contributed by atoms with E-state index in [-0.39, 0.29) is 0 Å². The molecule has 1 aliphatic rings. The zero-order valence-corrected chi connectivity index (χ0v) is 14.2.